The topological polar surface area (TPSA) is 85.5 Å². The summed E-state index contributed by atoms with van der Waals surface area (Å²) in [5.41, 5.74) is 11.1. The van der Waals surface area contributed by atoms with Crippen LogP contribution in [-0.2, 0) is 6.42 Å². The SMILES string of the molecule is [C-]#[N+]c1c(NCCc2cccc(C)n2)nc2c(C(C)C)c(C)nn2c1N. The summed E-state index contributed by atoms with van der Waals surface area (Å²) in [7, 11) is 0. The molecule has 0 aliphatic rings. The van der Waals surface area contributed by atoms with Gasteiger partial charge in [0, 0.05) is 29.9 Å². The van der Waals surface area contributed by atoms with Gasteiger partial charge in [0.25, 0.3) is 5.69 Å². The quantitative estimate of drug-likeness (QED) is 0.687. The normalized spacial score (nSPS) is 11.1. The van der Waals surface area contributed by atoms with Crippen molar-refractivity contribution >= 4 is 23.0 Å². The number of nitrogen functional groups attached to an aromatic ring is 1. The molecule has 0 radical (unpaired) electrons. The van der Waals surface area contributed by atoms with E-state index in [1.165, 1.54) is 0 Å². The molecular weight excluding hydrogens is 326 g/mol. The number of aryl methyl sites for hydroxylation is 2. The summed E-state index contributed by atoms with van der Waals surface area (Å²) < 4.78 is 1.57. The highest BCUT2D eigenvalue weighted by Gasteiger charge is 2.20. The van der Waals surface area contributed by atoms with Gasteiger partial charge in [-0.3, -0.25) is 4.98 Å². The van der Waals surface area contributed by atoms with Crippen LogP contribution in [0.1, 0.15) is 42.4 Å². The smallest absolute Gasteiger partial charge is 0.268 e. The molecule has 0 saturated heterocycles. The first-order chi connectivity index (χ1) is 12.4. The molecule has 7 heteroatoms. The van der Waals surface area contributed by atoms with Crippen LogP contribution in [0.4, 0.5) is 17.3 Å². The number of aromatic nitrogens is 4. The van der Waals surface area contributed by atoms with E-state index in [1.54, 1.807) is 4.52 Å². The Morgan fingerprint density at radius 1 is 1.27 bits per heavy atom. The van der Waals surface area contributed by atoms with Gasteiger partial charge in [-0.05, 0) is 31.9 Å². The molecule has 3 heterocycles. The minimum atomic E-state index is 0.266. The van der Waals surface area contributed by atoms with Gasteiger partial charge in [0.1, 0.15) is 11.6 Å². The summed E-state index contributed by atoms with van der Waals surface area (Å²) in [6.07, 6.45) is 0.737. The molecule has 0 saturated carbocycles. The van der Waals surface area contributed by atoms with Gasteiger partial charge in [-0.2, -0.15) is 5.10 Å². The Bertz CT molecular complexity index is 995. The lowest BCUT2D eigenvalue weighted by molar-refractivity contribution is 0.860. The third-order valence-corrected chi connectivity index (χ3v) is 4.30. The van der Waals surface area contributed by atoms with Crippen molar-refractivity contribution in [3.05, 3.63) is 52.3 Å². The van der Waals surface area contributed by atoms with Crippen molar-refractivity contribution in [1.29, 1.82) is 0 Å². The van der Waals surface area contributed by atoms with Gasteiger partial charge in [0.15, 0.2) is 5.65 Å². The van der Waals surface area contributed by atoms with Crippen molar-refractivity contribution in [3.63, 3.8) is 0 Å². The Morgan fingerprint density at radius 2 is 2.04 bits per heavy atom. The van der Waals surface area contributed by atoms with E-state index in [-0.39, 0.29) is 5.92 Å². The summed E-state index contributed by atoms with van der Waals surface area (Å²) in [6, 6.07) is 5.96. The summed E-state index contributed by atoms with van der Waals surface area (Å²) >= 11 is 0. The number of rotatable bonds is 5. The number of nitrogens with zero attached hydrogens (tertiary/aromatic N) is 5. The Hall–Kier alpha value is -3.14. The van der Waals surface area contributed by atoms with Gasteiger partial charge < -0.3 is 11.1 Å². The minimum absolute atomic E-state index is 0.266. The molecule has 134 valence electrons. The largest absolute Gasteiger partial charge is 0.392 e. The standard InChI is InChI=1S/C19H23N7/c1-11(2)15-13(4)25-26-17(20)16(21-5)18(24-19(15)26)22-10-9-14-8-6-7-12(3)23-14/h6-8,11H,9-10,20H2,1-4H3,(H,22,24). The molecule has 0 amide bonds. The predicted octanol–water partition coefficient (Wildman–Crippen LogP) is 3.65. The van der Waals surface area contributed by atoms with Crippen LogP contribution >= 0.6 is 0 Å². The van der Waals surface area contributed by atoms with Gasteiger partial charge in [0.05, 0.1) is 12.3 Å². The molecule has 7 nitrogen and oxygen atoms in total. The van der Waals surface area contributed by atoms with Crippen LogP contribution in [0.3, 0.4) is 0 Å². The number of nitrogens with two attached hydrogens (primary N) is 1. The molecule has 3 rings (SSSR count). The van der Waals surface area contributed by atoms with Crippen LogP contribution in [0.2, 0.25) is 0 Å². The molecule has 0 unspecified atom stereocenters. The second-order valence-electron chi connectivity index (χ2n) is 6.64. The van der Waals surface area contributed by atoms with Crippen LogP contribution in [0.25, 0.3) is 10.5 Å². The number of nitrogens with one attached hydrogen (secondary N) is 1. The van der Waals surface area contributed by atoms with Crippen molar-refractivity contribution < 1.29 is 0 Å². The zero-order chi connectivity index (χ0) is 18.8. The van der Waals surface area contributed by atoms with Crippen molar-refractivity contribution in [2.24, 2.45) is 0 Å². The van der Waals surface area contributed by atoms with E-state index in [4.69, 9.17) is 12.3 Å². The Morgan fingerprint density at radius 3 is 2.69 bits per heavy atom. The van der Waals surface area contributed by atoms with Crippen molar-refractivity contribution in [2.45, 2.75) is 40.0 Å². The highest BCUT2D eigenvalue weighted by molar-refractivity contribution is 5.80. The average molecular weight is 349 g/mol. The first-order valence-corrected chi connectivity index (χ1v) is 8.65. The summed E-state index contributed by atoms with van der Waals surface area (Å²) in [6.45, 7) is 16.2. The molecule has 0 bridgehead atoms. The molecule has 0 spiro atoms. The zero-order valence-corrected chi connectivity index (χ0v) is 15.5. The number of hydrogen-bond donors (Lipinski definition) is 2. The summed E-state index contributed by atoms with van der Waals surface area (Å²) in [5, 5.41) is 7.72. The van der Waals surface area contributed by atoms with E-state index in [1.807, 2.05) is 32.0 Å². The van der Waals surface area contributed by atoms with E-state index in [2.05, 4.69) is 39.1 Å². The fourth-order valence-electron chi connectivity index (χ4n) is 3.14. The maximum Gasteiger partial charge on any atom is 0.268 e. The van der Waals surface area contributed by atoms with Crippen molar-refractivity contribution in [3.8, 4) is 0 Å². The van der Waals surface area contributed by atoms with Gasteiger partial charge in [-0.1, -0.05) is 19.9 Å². The monoisotopic (exact) mass is 349 g/mol. The summed E-state index contributed by atoms with van der Waals surface area (Å²) in [5.74, 6) is 1.08. The Kier molecular flexibility index (Phi) is 4.76. The second kappa shape index (κ2) is 7.00. The third-order valence-electron chi connectivity index (χ3n) is 4.30. The minimum Gasteiger partial charge on any atom is -0.392 e. The lowest BCUT2D eigenvalue weighted by Gasteiger charge is -2.12. The molecule has 0 aliphatic carbocycles. The molecule has 3 N–H and O–H groups in total. The second-order valence-corrected chi connectivity index (χ2v) is 6.64. The summed E-state index contributed by atoms with van der Waals surface area (Å²) in [4.78, 5) is 12.7. The fourth-order valence-corrected chi connectivity index (χ4v) is 3.14. The maximum absolute atomic E-state index is 7.48. The Balaban J connectivity index is 1.94. The van der Waals surface area contributed by atoms with E-state index in [0.29, 0.717) is 29.5 Å². The van der Waals surface area contributed by atoms with E-state index < -0.39 is 0 Å². The number of hydrogen-bond acceptors (Lipinski definition) is 5. The molecule has 0 atom stereocenters. The van der Waals surface area contributed by atoms with E-state index >= 15 is 0 Å². The van der Waals surface area contributed by atoms with Crippen LogP contribution in [0, 0.1) is 20.4 Å². The van der Waals surface area contributed by atoms with Gasteiger partial charge in [-0.25, -0.2) is 14.3 Å². The van der Waals surface area contributed by atoms with E-state index in [9.17, 15) is 0 Å². The highest BCUT2D eigenvalue weighted by atomic mass is 15.3. The predicted molar refractivity (Wildman–Crippen MR) is 104 cm³/mol. The zero-order valence-electron chi connectivity index (χ0n) is 15.5. The van der Waals surface area contributed by atoms with Crippen LogP contribution in [0.15, 0.2) is 18.2 Å². The molecule has 0 aromatic carbocycles. The van der Waals surface area contributed by atoms with Crippen molar-refractivity contribution in [1.82, 2.24) is 19.6 Å². The van der Waals surface area contributed by atoms with Gasteiger partial charge in [0.2, 0.25) is 0 Å². The molecule has 3 aromatic heterocycles. The maximum atomic E-state index is 7.48. The van der Waals surface area contributed by atoms with Crippen LogP contribution in [0.5, 0.6) is 0 Å². The third kappa shape index (κ3) is 3.18. The van der Waals surface area contributed by atoms with E-state index in [0.717, 1.165) is 29.1 Å². The Labute approximate surface area is 153 Å². The highest BCUT2D eigenvalue weighted by Crippen LogP contribution is 2.34. The molecular formula is C19H23N7. The van der Waals surface area contributed by atoms with Crippen LogP contribution < -0.4 is 11.1 Å². The first-order valence-electron chi connectivity index (χ1n) is 8.65. The molecule has 3 aromatic rings. The molecule has 0 fully saturated rings. The lowest BCUT2D eigenvalue weighted by atomic mass is 10.0. The molecule has 0 aliphatic heterocycles. The number of pyridine rings is 1. The number of anilines is 2. The van der Waals surface area contributed by atoms with Crippen molar-refractivity contribution in [2.75, 3.05) is 17.6 Å². The first kappa shape index (κ1) is 17.7. The van der Waals surface area contributed by atoms with Gasteiger partial charge in [-0.15, -0.1) is 0 Å². The van der Waals surface area contributed by atoms with Gasteiger partial charge >= 0.3 is 0 Å². The number of fused-ring (bicyclic) bond motifs is 1. The lowest BCUT2D eigenvalue weighted by Crippen LogP contribution is -2.10. The molecule has 26 heavy (non-hydrogen) atoms. The fraction of sp³-hybridized carbons (Fsp3) is 0.368. The average Bonchev–Trinajstić information content (AvgIpc) is 2.92. The van der Waals surface area contributed by atoms with Crippen LogP contribution in [-0.4, -0.2) is 26.1 Å².